The number of carbonyl (C=O) groups is 1. The molecule has 3 aromatic rings. The van der Waals surface area contributed by atoms with E-state index in [9.17, 15) is 9.90 Å². The third kappa shape index (κ3) is 2.84. The highest BCUT2D eigenvalue weighted by atomic mass is 35.5. The molecule has 0 saturated carbocycles. The van der Waals surface area contributed by atoms with Crippen LogP contribution < -0.4 is 0 Å². The fourth-order valence-electron chi connectivity index (χ4n) is 3.56. The number of benzene rings is 1. The van der Waals surface area contributed by atoms with Gasteiger partial charge in [-0.1, -0.05) is 11.6 Å². The minimum atomic E-state index is -0.887. The molecule has 4 rings (SSSR count). The zero-order valence-corrected chi connectivity index (χ0v) is 15.1. The first-order valence-corrected chi connectivity index (χ1v) is 8.80. The van der Waals surface area contributed by atoms with Gasteiger partial charge in [0.25, 0.3) is 0 Å². The summed E-state index contributed by atoms with van der Waals surface area (Å²) in [5.41, 5.74) is 5.44. The second kappa shape index (κ2) is 6.50. The second-order valence-corrected chi connectivity index (χ2v) is 6.90. The lowest BCUT2D eigenvalue weighted by molar-refractivity contribution is 0.140. The van der Waals surface area contributed by atoms with E-state index in [1.54, 1.807) is 12.4 Å². The lowest BCUT2D eigenvalue weighted by Crippen LogP contribution is -2.34. The Labute approximate surface area is 156 Å². The molecule has 0 unspecified atom stereocenters. The molecule has 0 spiro atoms. The van der Waals surface area contributed by atoms with E-state index in [2.05, 4.69) is 22.7 Å². The largest absolute Gasteiger partial charge is 0.465 e. The number of carboxylic acid groups (broad SMARTS) is 1. The van der Waals surface area contributed by atoms with Gasteiger partial charge in [-0.25, -0.2) is 4.79 Å². The van der Waals surface area contributed by atoms with E-state index in [-0.39, 0.29) is 0 Å². The van der Waals surface area contributed by atoms with Gasteiger partial charge < -0.3 is 14.6 Å². The molecule has 0 bridgehead atoms. The molecule has 132 valence electrons. The first-order chi connectivity index (χ1) is 12.5. The molecular weight excluding hydrogens is 350 g/mol. The summed E-state index contributed by atoms with van der Waals surface area (Å²) in [7, 11) is 0. The van der Waals surface area contributed by atoms with Crippen LogP contribution in [0.5, 0.6) is 0 Å². The highest BCUT2D eigenvalue weighted by Gasteiger charge is 2.26. The number of hydrogen-bond acceptors (Lipinski definition) is 2. The average molecular weight is 368 g/mol. The standard InChI is InChI=1S/C20H18ClN3O2/c1-13(14-4-7-22-8-5-14)11-24-18-3-2-15(21)10-16(18)17-12-23(20(25)26)9-6-19(17)24/h2-5,7-8,10-11H,6,9,12H2,1H3,(H,25,26). The lowest BCUT2D eigenvalue weighted by Gasteiger charge is -2.25. The molecule has 6 heteroatoms. The van der Waals surface area contributed by atoms with Gasteiger partial charge in [0.2, 0.25) is 0 Å². The van der Waals surface area contributed by atoms with Gasteiger partial charge in [-0.15, -0.1) is 0 Å². The number of aromatic nitrogens is 2. The Hall–Kier alpha value is -2.79. The van der Waals surface area contributed by atoms with Crippen LogP contribution in [0.3, 0.4) is 0 Å². The molecular formula is C20H18ClN3O2. The third-order valence-electron chi connectivity index (χ3n) is 4.88. The molecule has 1 amide bonds. The Morgan fingerprint density at radius 1 is 1.27 bits per heavy atom. The summed E-state index contributed by atoms with van der Waals surface area (Å²) in [6, 6.07) is 9.75. The predicted octanol–water partition coefficient (Wildman–Crippen LogP) is 4.74. The minimum Gasteiger partial charge on any atom is -0.465 e. The number of allylic oxidation sites excluding steroid dienone is 1. The van der Waals surface area contributed by atoms with Crippen molar-refractivity contribution in [2.45, 2.75) is 19.9 Å². The van der Waals surface area contributed by atoms with Gasteiger partial charge in [-0.05, 0) is 48.4 Å². The molecule has 26 heavy (non-hydrogen) atoms. The number of hydrogen-bond donors (Lipinski definition) is 1. The van der Waals surface area contributed by atoms with Crippen LogP contribution >= 0.6 is 11.6 Å². The Bertz CT molecular complexity index is 1020. The fourth-order valence-corrected chi connectivity index (χ4v) is 3.73. The summed E-state index contributed by atoms with van der Waals surface area (Å²) in [5, 5.41) is 11.0. The molecule has 0 aliphatic carbocycles. The van der Waals surface area contributed by atoms with E-state index >= 15 is 0 Å². The van der Waals surface area contributed by atoms with Crippen molar-refractivity contribution >= 4 is 40.4 Å². The quantitative estimate of drug-likeness (QED) is 0.711. The maximum Gasteiger partial charge on any atom is 0.407 e. The predicted molar refractivity (Wildman–Crippen MR) is 103 cm³/mol. The Balaban J connectivity index is 1.89. The van der Waals surface area contributed by atoms with Crippen LogP contribution in [-0.2, 0) is 13.0 Å². The maximum absolute atomic E-state index is 11.4. The number of nitrogens with zero attached hydrogens (tertiary/aromatic N) is 3. The first kappa shape index (κ1) is 16.7. The average Bonchev–Trinajstić information content (AvgIpc) is 2.95. The van der Waals surface area contributed by atoms with E-state index in [1.165, 1.54) is 4.90 Å². The van der Waals surface area contributed by atoms with Crippen LogP contribution in [0.2, 0.25) is 5.02 Å². The first-order valence-electron chi connectivity index (χ1n) is 8.42. The maximum atomic E-state index is 11.4. The molecule has 0 fully saturated rings. The SMILES string of the molecule is CC(=Cn1c2c(c3cc(Cl)ccc31)CN(C(=O)O)CC2)c1ccncc1. The van der Waals surface area contributed by atoms with Crippen LogP contribution in [0, 0.1) is 0 Å². The second-order valence-electron chi connectivity index (χ2n) is 6.46. The van der Waals surface area contributed by atoms with Gasteiger partial charge in [-0.2, -0.15) is 0 Å². The van der Waals surface area contributed by atoms with Crippen LogP contribution in [0.15, 0.2) is 42.7 Å². The monoisotopic (exact) mass is 367 g/mol. The zero-order chi connectivity index (χ0) is 18.3. The van der Waals surface area contributed by atoms with E-state index in [0.717, 1.165) is 33.3 Å². The molecule has 0 saturated heterocycles. The van der Waals surface area contributed by atoms with Crippen molar-refractivity contribution in [2.24, 2.45) is 0 Å². The molecule has 3 heterocycles. The van der Waals surface area contributed by atoms with Crippen molar-refractivity contribution in [1.82, 2.24) is 14.5 Å². The van der Waals surface area contributed by atoms with Gasteiger partial charge in [0.05, 0.1) is 12.1 Å². The summed E-state index contributed by atoms with van der Waals surface area (Å²) < 4.78 is 2.18. The summed E-state index contributed by atoms with van der Waals surface area (Å²) in [4.78, 5) is 16.9. The van der Waals surface area contributed by atoms with E-state index in [0.29, 0.717) is 24.5 Å². The van der Waals surface area contributed by atoms with Crippen molar-refractivity contribution in [3.05, 3.63) is 64.6 Å². The van der Waals surface area contributed by atoms with Crippen molar-refractivity contribution in [3.8, 4) is 0 Å². The Morgan fingerprint density at radius 3 is 2.77 bits per heavy atom. The van der Waals surface area contributed by atoms with E-state index in [1.807, 2.05) is 30.3 Å². The van der Waals surface area contributed by atoms with Crippen molar-refractivity contribution < 1.29 is 9.90 Å². The molecule has 1 aromatic carbocycles. The number of halogens is 1. The molecule has 0 atom stereocenters. The molecule has 5 nitrogen and oxygen atoms in total. The Morgan fingerprint density at radius 2 is 2.04 bits per heavy atom. The van der Waals surface area contributed by atoms with Crippen LogP contribution in [-0.4, -0.2) is 32.2 Å². The molecule has 1 aliphatic rings. The highest BCUT2D eigenvalue weighted by Crippen LogP contribution is 2.34. The Kier molecular flexibility index (Phi) is 4.17. The normalized spacial score (nSPS) is 14.5. The minimum absolute atomic E-state index is 0.386. The van der Waals surface area contributed by atoms with Crippen LogP contribution in [0.4, 0.5) is 4.79 Å². The third-order valence-corrected chi connectivity index (χ3v) is 5.11. The fraction of sp³-hybridized carbons (Fsp3) is 0.200. The smallest absolute Gasteiger partial charge is 0.407 e. The van der Waals surface area contributed by atoms with Gasteiger partial charge in [0.15, 0.2) is 0 Å². The van der Waals surface area contributed by atoms with Gasteiger partial charge >= 0.3 is 6.09 Å². The van der Waals surface area contributed by atoms with Crippen molar-refractivity contribution in [2.75, 3.05) is 6.54 Å². The topological polar surface area (TPSA) is 58.4 Å². The summed E-state index contributed by atoms with van der Waals surface area (Å²) in [6.07, 6.45) is 5.46. The number of rotatable bonds is 2. The molecule has 0 radical (unpaired) electrons. The molecule has 1 aliphatic heterocycles. The number of fused-ring (bicyclic) bond motifs is 3. The summed E-state index contributed by atoms with van der Waals surface area (Å²) >= 11 is 6.21. The number of pyridine rings is 1. The van der Waals surface area contributed by atoms with Crippen molar-refractivity contribution in [3.63, 3.8) is 0 Å². The highest BCUT2D eigenvalue weighted by molar-refractivity contribution is 6.31. The molecule has 1 N–H and O–H groups in total. The summed E-state index contributed by atoms with van der Waals surface area (Å²) in [6.45, 7) is 2.95. The molecule has 2 aromatic heterocycles. The van der Waals surface area contributed by atoms with Crippen molar-refractivity contribution in [1.29, 1.82) is 0 Å². The van der Waals surface area contributed by atoms with E-state index in [4.69, 9.17) is 11.6 Å². The van der Waals surface area contributed by atoms with Gasteiger partial charge in [0, 0.05) is 53.2 Å². The van der Waals surface area contributed by atoms with Crippen LogP contribution in [0.1, 0.15) is 23.7 Å². The van der Waals surface area contributed by atoms with Crippen LogP contribution in [0.25, 0.3) is 22.7 Å². The zero-order valence-electron chi connectivity index (χ0n) is 14.3. The van der Waals surface area contributed by atoms with Gasteiger partial charge in [0.1, 0.15) is 0 Å². The summed E-state index contributed by atoms with van der Waals surface area (Å²) in [5.74, 6) is 0. The lowest BCUT2D eigenvalue weighted by atomic mass is 10.0. The number of amides is 1. The van der Waals surface area contributed by atoms with E-state index < -0.39 is 6.09 Å². The van der Waals surface area contributed by atoms with Gasteiger partial charge in [-0.3, -0.25) is 4.98 Å².